The van der Waals surface area contributed by atoms with Crippen molar-refractivity contribution >= 4 is 21.8 Å². The Kier molecular flexibility index (Phi) is 10.2. The van der Waals surface area contributed by atoms with Crippen molar-refractivity contribution in [3.8, 4) is 34.1 Å². The topological polar surface area (TPSA) is 44.9 Å². The smallest absolute Gasteiger partial charge is 0.509 e. The molecule has 4 aromatic carbocycles. The van der Waals surface area contributed by atoms with Crippen molar-refractivity contribution in [3.05, 3.63) is 132 Å². The Balaban J connectivity index is 0.00000464. The summed E-state index contributed by atoms with van der Waals surface area (Å²) >= 11 is 0. The first-order valence-corrected chi connectivity index (χ1v) is 18.0. The minimum atomic E-state index is -0.0208. The van der Waals surface area contributed by atoms with Crippen LogP contribution in [0.25, 0.3) is 44.4 Å². The maximum absolute atomic E-state index is 6.47. The van der Waals surface area contributed by atoms with Crippen LogP contribution in [-0.2, 0) is 38.3 Å². The van der Waals surface area contributed by atoms with Crippen LogP contribution in [-0.4, -0.2) is 19.3 Å². The molecule has 0 aliphatic rings. The van der Waals surface area contributed by atoms with E-state index in [1.54, 1.807) is 0 Å². The number of rotatable bonds is 7. The zero-order chi connectivity index (χ0) is 36.1. The summed E-state index contributed by atoms with van der Waals surface area (Å²) in [4.78, 5) is 4.83. The van der Waals surface area contributed by atoms with Gasteiger partial charge in [-0.3, -0.25) is 4.68 Å². The Morgan fingerprint density at radius 2 is 1.40 bits per heavy atom. The largest absolute Gasteiger partial charge is 2.00 e. The number of aromatic nitrogens is 4. The standard InChI is InChI=1S/C46H48N4O.Pt/c1-44(2,3)24-22-31-23-25-47-42(26-31)50-40-19-11-10-16-36(40)37-21-20-35(28-41(37)50)51-34-15-12-14-33(27-34)49-30-32(29-48-49)43-38(45(4,5)6)17-13-18-39(43)46(7,8)9;/h10-21,23,25-26,29-30H,22,24H2,1-9H3;/q-2;+2. The van der Waals surface area contributed by atoms with Gasteiger partial charge in [0.25, 0.3) is 0 Å². The number of pyridine rings is 1. The van der Waals surface area contributed by atoms with Crippen LogP contribution in [0.5, 0.6) is 11.5 Å². The molecule has 0 amide bonds. The fraction of sp³-hybridized carbons (Fsp3) is 0.304. The van der Waals surface area contributed by atoms with E-state index in [-0.39, 0.29) is 37.3 Å². The minimum Gasteiger partial charge on any atom is -0.509 e. The van der Waals surface area contributed by atoms with Gasteiger partial charge in [-0.25, -0.2) is 4.98 Å². The summed E-state index contributed by atoms with van der Waals surface area (Å²) in [6, 6.07) is 36.5. The van der Waals surface area contributed by atoms with Crippen molar-refractivity contribution in [3.63, 3.8) is 0 Å². The molecule has 268 valence electrons. The molecule has 7 rings (SSSR count). The van der Waals surface area contributed by atoms with E-state index in [2.05, 4.69) is 146 Å². The van der Waals surface area contributed by atoms with Gasteiger partial charge in [0.2, 0.25) is 0 Å². The molecule has 0 radical (unpaired) electrons. The molecule has 5 nitrogen and oxygen atoms in total. The molecule has 0 bridgehead atoms. The Labute approximate surface area is 323 Å². The molecule has 0 aliphatic heterocycles. The third-order valence-corrected chi connectivity index (χ3v) is 9.53. The predicted molar refractivity (Wildman–Crippen MR) is 210 cm³/mol. The van der Waals surface area contributed by atoms with Gasteiger partial charge in [0.05, 0.1) is 6.20 Å². The molecular formula is C46H48N4OPt. The van der Waals surface area contributed by atoms with Crippen molar-refractivity contribution in [2.24, 2.45) is 5.41 Å². The molecule has 0 aliphatic carbocycles. The molecule has 0 N–H and O–H groups in total. The zero-order valence-corrected chi connectivity index (χ0v) is 34.0. The number of aryl methyl sites for hydroxylation is 1. The second-order valence-corrected chi connectivity index (χ2v) is 16.9. The van der Waals surface area contributed by atoms with Crippen molar-refractivity contribution < 1.29 is 25.8 Å². The summed E-state index contributed by atoms with van der Waals surface area (Å²) in [5, 5.41) is 7.07. The first kappa shape index (κ1) is 37.3. The quantitative estimate of drug-likeness (QED) is 0.150. The zero-order valence-electron chi connectivity index (χ0n) is 31.7. The average Bonchev–Trinajstić information content (AvgIpc) is 3.70. The molecule has 52 heavy (non-hydrogen) atoms. The van der Waals surface area contributed by atoms with Crippen LogP contribution in [0, 0.1) is 17.5 Å². The van der Waals surface area contributed by atoms with E-state index < -0.39 is 0 Å². The molecule has 0 spiro atoms. The van der Waals surface area contributed by atoms with E-state index in [4.69, 9.17) is 14.8 Å². The predicted octanol–water partition coefficient (Wildman–Crippen LogP) is 12.0. The maximum atomic E-state index is 6.47. The van der Waals surface area contributed by atoms with E-state index in [9.17, 15) is 0 Å². The summed E-state index contributed by atoms with van der Waals surface area (Å²) in [6.07, 6.45) is 8.09. The fourth-order valence-electron chi connectivity index (χ4n) is 6.87. The number of ether oxygens (including phenoxy) is 1. The SMILES string of the molecule is CC(C)(C)CCc1ccnc(-n2c3[c-]c(Oc4[c-]c(-n5cc(-c6c(C(C)(C)C)cccc6C(C)(C)C)cn5)ccc4)ccc3c3ccccc32)c1.[Pt+2]. The van der Waals surface area contributed by atoms with Crippen molar-refractivity contribution in [1.82, 2.24) is 19.3 Å². The van der Waals surface area contributed by atoms with Crippen LogP contribution in [0.1, 0.15) is 85.4 Å². The normalized spacial score (nSPS) is 12.3. The molecule has 0 unspecified atom stereocenters. The molecule has 0 atom stereocenters. The first-order valence-electron chi connectivity index (χ1n) is 18.0. The minimum absolute atomic E-state index is 0. The summed E-state index contributed by atoms with van der Waals surface area (Å²) < 4.78 is 10.6. The number of hydrogen-bond donors (Lipinski definition) is 0. The monoisotopic (exact) mass is 867 g/mol. The number of nitrogens with zero attached hydrogens (tertiary/aromatic N) is 4. The van der Waals surface area contributed by atoms with Gasteiger partial charge >= 0.3 is 21.1 Å². The van der Waals surface area contributed by atoms with Gasteiger partial charge in [-0.05, 0) is 80.6 Å². The van der Waals surface area contributed by atoms with Gasteiger partial charge in [-0.1, -0.05) is 104 Å². The van der Waals surface area contributed by atoms with Crippen LogP contribution in [0.15, 0.2) is 104 Å². The number of benzene rings is 4. The van der Waals surface area contributed by atoms with Crippen molar-refractivity contribution in [1.29, 1.82) is 0 Å². The number of fused-ring (bicyclic) bond motifs is 3. The molecule has 6 heteroatoms. The molecule has 7 aromatic rings. The van der Waals surface area contributed by atoms with Gasteiger partial charge in [0.15, 0.2) is 0 Å². The van der Waals surface area contributed by atoms with Gasteiger partial charge in [0.1, 0.15) is 5.82 Å². The maximum Gasteiger partial charge on any atom is 2.00 e. The van der Waals surface area contributed by atoms with Gasteiger partial charge in [0, 0.05) is 35.0 Å². The third kappa shape index (κ3) is 7.66. The Morgan fingerprint density at radius 3 is 2.12 bits per heavy atom. The van der Waals surface area contributed by atoms with Crippen LogP contribution in [0.3, 0.4) is 0 Å². The molecule has 0 saturated carbocycles. The summed E-state index contributed by atoms with van der Waals surface area (Å²) in [5.41, 5.74) is 9.28. The fourth-order valence-corrected chi connectivity index (χ4v) is 6.87. The second-order valence-electron chi connectivity index (χ2n) is 16.9. The van der Waals surface area contributed by atoms with Crippen LogP contribution < -0.4 is 4.74 Å². The van der Waals surface area contributed by atoms with Gasteiger partial charge < -0.3 is 9.30 Å². The van der Waals surface area contributed by atoms with E-state index >= 15 is 0 Å². The molecule has 0 fully saturated rings. The van der Waals surface area contributed by atoms with E-state index in [0.717, 1.165) is 51.7 Å². The number of hydrogen-bond acceptors (Lipinski definition) is 3. The van der Waals surface area contributed by atoms with Gasteiger partial charge in [-0.2, -0.15) is 17.2 Å². The molecule has 0 saturated heterocycles. The summed E-state index contributed by atoms with van der Waals surface area (Å²) in [7, 11) is 0. The summed E-state index contributed by atoms with van der Waals surface area (Å²) in [5.74, 6) is 2.08. The van der Waals surface area contributed by atoms with Crippen LogP contribution in [0.2, 0.25) is 0 Å². The Hall–Kier alpha value is -4.47. The van der Waals surface area contributed by atoms with E-state index in [1.165, 1.54) is 22.3 Å². The Bertz CT molecular complexity index is 2330. The number of para-hydroxylation sites is 1. The van der Waals surface area contributed by atoms with Crippen LogP contribution in [0.4, 0.5) is 0 Å². The van der Waals surface area contributed by atoms with E-state index in [0.29, 0.717) is 11.5 Å². The molecular weight excluding hydrogens is 820 g/mol. The second kappa shape index (κ2) is 14.2. The molecule has 3 heterocycles. The van der Waals surface area contributed by atoms with Crippen molar-refractivity contribution in [2.45, 2.75) is 86.0 Å². The third-order valence-electron chi connectivity index (χ3n) is 9.53. The molecule has 3 aromatic heterocycles. The van der Waals surface area contributed by atoms with Gasteiger partial charge in [-0.15, -0.1) is 35.7 Å². The average molecular weight is 868 g/mol. The Morgan fingerprint density at radius 1 is 0.712 bits per heavy atom. The first-order chi connectivity index (χ1) is 24.2. The van der Waals surface area contributed by atoms with E-state index in [1.807, 2.05) is 41.3 Å². The van der Waals surface area contributed by atoms with Crippen LogP contribution >= 0.6 is 0 Å². The van der Waals surface area contributed by atoms with Crippen molar-refractivity contribution in [2.75, 3.05) is 0 Å². The summed E-state index contributed by atoms with van der Waals surface area (Å²) in [6.45, 7) is 20.5.